The highest BCUT2D eigenvalue weighted by atomic mass is 35.5. The Bertz CT molecular complexity index is 712. The summed E-state index contributed by atoms with van der Waals surface area (Å²) in [5, 5.41) is 3.85. The van der Waals surface area contributed by atoms with Crippen molar-refractivity contribution in [1.82, 2.24) is 10.2 Å². The number of nitrogens with zero attached hydrogens (tertiary/aromatic N) is 1. The molecule has 1 fully saturated rings. The smallest absolute Gasteiger partial charge is 0.224 e. The molecule has 138 valence electrons. The molecule has 0 unspecified atom stereocenters. The molecule has 26 heavy (non-hydrogen) atoms. The molecule has 0 radical (unpaired) electrons. The monoisotopic (exact) mass is 370 g/mol. The van der Waals surface area contributed by atoms with Gasteiger partial charge in [0.05, 0.1) is 5.92 Å². The number of nitrogens with one attached hydrogen (secondary N) is 1. The molecule has 2 aromatic carbocycles. The molecule has 1 atom stereocenters. The second kappa shape index (κ2) is 9.20. The summed E-state index contributed by atoms with van der Waals surface area (Å²) in [7, 11) is 0. The molecule has 2 aromatic rings. The Labute approximate surface area is 161 Å². The van der Waals surface area contributed by atoms with Crippen LogP contribution in [0.5, 0.6) is 0 Å². The zero-order chi connectivity index (χ0) is 18.4. The fourth-order valence-corrected chi connectivity index (χ4v) is 3.62. The van der Waals surface area contributed by atoms with Crippen LogP contribution in [0, 0.1) is 12.8 Å². The first-order chi connectivity index (χ1) is 12.6. The Hall–Kier alpha value is -1.84. The summed E-state index contributed by atoms with van der Waals surface area (Å²) in [5.41, 5.74) is 3.80. The number of carbonyl (C=O) groups is 1. The lowest BCUT2D eigenvalue weighted by molar-refractivity contribution is -0.126. The minimum atomic E-state index is 0.0967. The SMILES string of the molecule is Cc1ccc(CN2CCC[C@@H](C(=O)NCCc3ccc(Cl)cc3)C2)cc1. The van der Waals surface area contributed by atoms with Gasteiger partial charge < -0.3 is 5.32 Å². The first-order valence-corrected chi connectivity index (χ1v) is 9.78. The van der Waals surface area contributed by atoms with Crippen LogP contribution in [0.25, 0.3) is 0 Å². The van der Waals surface area contributed by atoms with Gasteiger partial charge in [0.15, 0.2) is 0 Å². The van der Waals surface area contributed by atoms with Crippen LogP contribution in [0.4, 0.5) is 0 Å². The number of benzene rings is 2. The summed E-state index contributed by atoms with van der Waals surface area (Å²) in [5.74, 6) is 0.284. The maximum atomic E-state index is 12.5. The Morgan fingerprint density at radius 2 is 1.81 bits per heavy atom. The number of aryl methyl sites for hydroxylation is 1. The zero-order valence-electron chi connectivity index (χ0n) is 15.4. The van der Waals surface area contributed by atoms with Crippen LogP contribution in [-0.4, -0.2) is 30.4 Å². The molecule has 3 rings (SSSR count). The highest BCUT2D eigenvalue weighted by molar-refractivity contribution is 6.30. The summed E-state index contributed by atoms with van der Waals surface area (Å²) >= 11 is 5.90. The molecule has 1 N–H and O–H groups in total. The van der Waals surface area contributed by atoms with Crippen molar-refractivity contribution in [2.75, 3.05) is 19.6 Å². The second-order valence-corrected chi connectivity index (χ2v) is 7.66. The van der Waals surface area contributed by atoms with E-state index >= 15 is 0 Å². The van der Waals surface area contributed by atoms with Crippen molar-refractivity contribution in [3.8, 4) is 0 Å². The molecular formula is C22H27ClN2O. The van der Waals surface area contributed by atoms with Gasteiger partial charge in [-0.05, 0) is 56.0 Å². The molecule has 1 heterocycles. The molecule has 0 spiro atoms. The summed E-state index contributed by atoms with van der Waals surface area (Å²) in [6, 6.07) is 16.5. The van der Waals surface area contributed by atoms with E-state index in [-0.39, 0.29) is 11.8 Å². The molecule has 3 nitrogen and oxygen atoms in total. The lowest BCUT2D eigenvalue weighted by Crippen LogP contribution is -2.43. The maximum absolute atomic E-state index is 12.5. The number of piperidine rings is 1. The summed E-state index contributed by atoms with van der Waals surface area (Å²) in [6.45, 7) is 5.63. The Kier molecular flexibility index (Phi) is 6.70. The third-order valence-corrected chi connectivity index (χ3v) is 5.28. The third kappa shape index (κ3) is 5.58. The van der Waals surface area contributed by atoms with E-state index in [0.717, 1.165) is 43.9 Å². The fraction of sp³-hybridized carbons (Fsp3) is 0.409. The van der Waals surface area contributed by atoms with Gasteiger partial charge in [-0.1, -0.05) is 53.6 Å². The standard InChI is InChI=1S/C22H27ClN2O/c1-17-4-6-19(7-5-17)15-25-14-2-3-20(16-25)22(26)24-13-12-18-8-10-21(23)11-9-18/h4-11,20H,2-3,12-16H2,1H3,(H,24,26)/t20-/m1/s1. The summed E-state index contributed by atoms with van der Waals surface area (Å²) in [4.78, 5) is 14.9. The lowest BCUT2D eigenvalue weighted by atomic mass is 9.96. The Morgan fingerprint density at radius 3 is 2.54 bits per heavy atom. The van der Waals surface area contributed by atoms with Crippen molar-refractivity contribution in [2.24, 2.45) is 5.92 Å². The highest BCUT2D eigenvalue weighted by Gasteiger charge is 2.25. The molecule has 0 aliphatic carbocycles. The van der Waals surface area contributed by atoms with Crippen LogP contribution in [0.3, 0.4) is 0 Å². The van der Waals surface area contributed by atoms with E-state index in [9.17, 15) is 4.79 Å². The number of hydrogen-bond acceptors (Lipinski definition) is 2. The van der Waals surface area contributed by atoms with Crippen molar-refractivity contribution >= 4 is 17.5 Å². The molecule has 1 aliphatic rings. The Balaban J connectivity index is 1.45. The van der Waals surface area contributed by atoms with Crippen LogP contribution >= 0.6 is 11.6 Å². The first-order valence-electron chi connectivity index (χ1n) is 9.40. The Morgan fingerprint density at radius 1 is 1.12 bits per heavy atom. The molecular weight excluding hydrogens is 344 g/mol. The van der Waals surface area contributed by atoms with E-state index in [0.29, 0.717) is 6.54 Å². The van der Waals surface area contributed by atoms with E-state index in [1.54, 1.807) is 0 Å². The zero-order valence-corrected chi connectivity index (χ0v) is 16.1. The van der Waals surface area contributed by atoms with Crippen LogP contribution < -0.4 is 5.32 Å². The average molecular weight is 371 g/mol. The number of likely N-dealkylation sites (tertiary alicyclic amines) is 1. The van der Waals surface area contributed by atoms with Gasteiger partial charge in [0.25, 0.3) is 0 Å². The molecule has 0 aromatic heterocycles. The second-order valence-electron chi connectivity index (χ2n) is 7.23. The molecule has 0 saturated carbocycles. The van der Waals surface area contributed by atoms with Crippen LogP contribution in [0.2, 0.25) is 5.02 Å². The molecule has 1 saturated heterocycles. The minimum Gasteiger partial charge on any atom is -0.355 e. The van der Waals surface area contributed by atoms with Gasteiger partial charge in [0.1, 0.15) is 0 Å². The average Bonchev–Trinajstić information content (AvgIpc) is 2.65. The summed E-state index contributed by atoms with van der Waals surface area (Å²) in [6.07, 6.45) is 2.90. The largest absolute Gasteiger partial charge is 0.355 e. The van der Waals surface area contributed by atoms with Crippen molar-refractivity contribution in [3.05, 3.63) is 70.2 Å². The van der Waals surface area contributed by atoms with Crippen molar-refractivity contribution in [2.45, 2.75) is 32.7 Å². The third-order valence-electron chi connectivity index (χ3n) is 5.03. The van der Waals surface area contributed by atoms with E-state index < -0.39 is 0 Å². The van der Waals surface area contributed by atoms with Gasteiger partial charge in [-0.3, -0.25) is 9.69 Å². The van der Waals surface area contributed by atoms with Gasteiger partial charge in [-0.15, -0.1) is 0 Å². The minimum absolute atomic E-state index is 0.0967. The van der Waals surface area contributed by atoms with Gasteiger partial charge in [0.2, 0.25) is 5.91 Å². The fourth-order valence-electron chi connectivity index (χ4n) is 3.49. The maximum Gasteiger partial charge on any atom is 0.224 e. The first kappa shape index (κ1) is 18.9. The highest BCUT2D eigenvalue weighted by Crippen LogP contribution is 2.19. The number of amides is 1. The summed E-state index contributed by atoms with van der Waals surface area (Å²) < 4.78 is 0. The van der Waals surface area contributed by atoms with Gasteiger partial charge in [-0.25, -0.2) is 0 Å². The van der Waals surface area contributed by atoms with E-state index in [1.165, 1.54) is 16.7 Å². The number of hydrogen-bond donors (Lipinski definition) is 1. The van der Waals surface area contributed by atoms with Crippen molar-refractivity contribution < 1.29 is 4.79 Å². The van der Waals surface area contributed by atoms with Gasteiger partial charge in [0, 0.05) is 24.7 Å². The predicted molar refractivity (Wildman–Crippen MR) is 107 cm³/mol. The van der Waals surface area contributed by atoms with E-state index in [2.05, 4.69) is 41.4 Å². The van der Waals surface area contributed by atoms with Crippen LogP contribution in [0.1, 0.15) is 29.5 Å². The lowest BCUT2D eigenvalue weighted by Gasteiger charge is -2.32. The molecule has 4 heteroatoms. The van der Waals surface area contributed by atoms with Crippen molar-refractivity contribution in [3.63, 3.8) is 0 Å². The molecule has 0 bridgehead atoms. The van der Waals surface area contributed by atoms with E-state index in [4.69, 9.17) is 11.6 Å². The topological polar surface area (TPSA) is 32.3 Å². The predicted octanol–water partition coefficient (Wildman–Crippen LogP) is 4.22. The van der Waals surface area contributed by atoms with Gasteiger partial charge in [-0.2, -0.15) is 0 Å². The quantitative estimate of drug-likeness (QED) is 0.825. The van der Waals surface area contributed by atoms with Crippen molar-refractivity contribution in [1.29, 1.82) is 0 Å². The van der Waals surface area contributed by atoms with Gasteiger partial charge >= 0.3 is 0 Å². The normalized spacial score (nSPS) is 17.8. The molecule has 1 aliphatic heterocycles. The molecule has 1 amide bonds. The number of rotatable bonds is 6. The number of halogens is 1. The van der Waals surface area contributed by atoms with Crippen LogP contribution in [-0.2, 0) is 17.8 Å². The van der Waals surface area contributed by atoms with E-state index in [1.807, 2.05) is 24.3 Å². The number of carbonyl (C=O) groups excluding carboxylic acids is 1. The van der Waals surface area contributed by atoms with Crippen LogP contribution in [0.15, 0.2) is 48.5 Å².